The Hall–Kier alpha value is -0.223. The van der Waals surface area contributed by atoms with Gasteiger partial charge in [0.1, 0.15) is 0 Å². The van der Waals surface area contributed by atoms with E-state index in [4.69, 9.17) is 5.73 Å². The first-order chi connectivity index (χ1) is 7.24. The van der Waals surface area contributed by atoms with E-state index < -0.39 is 0 Å². The summed E-state index contributed by atoms with van der Waals surface area (Å²) in [5.74, 6) is 0. The van der Waals surface area contributed by atoms with E-state index in [9.17, 15) is 0 Å². The molecule has 0 spiro atoms. The molecule has 0 saturated heterocycles. The van der Waals surface area contributed by atoms with Crippen molar-refractivity contribution < 1.29 is 0 Å². The molecule has 0 fully saturated rings. The van der Waals surface area contributed by atoms with Gasteiger partial charge >= 0.3 is 64.1 Å². The van der Waals surface area contributed by atoms with Crippen molar-refractivity contribution in [3.05, 3.63) is 29.8 Å². The Kier molecular flexibility index (Phi) is 10.1. The Bertz CT molecular complexity index is 227. The first kappa shape index (κ1) is 14.8. The van der Waals surface area contributed by atoms with Crippen LogP contribution in [-0.2, 0) is 6.54 Å². The van der Waals surface area contributed by atoms with E-state index in [1.54, 1.807) is 0 Å². The molecule has 0 radical (unpaired) electrons. The minimum absolute atomic E-state index is 0.639. The molecule has 1 aromatic carbocycles. The second kappa shape index (κ2) is 10.3. The van der Waals surface area contributed by atoms with Gasteiger partial charge in [0.25, 0.3) is 0 Å². The first-order valence-corrected chi connectivity index (χ1v) is 6.00. The molecule has 0 aliphatic rings. The second-order valence-corrected chi connectivity index (χ2v) is 3.90. The van der Waals surface area contributed by atoms with Gasteiger partial charge in [-0.3, -0.25) is 0 Å². The summed E-state index contributed by atoms with van der Waals surface area (Å²) in [6.45, 7) is 5.10. The van der Waals surface area contributed by atoms with Gasteiger partial charge in [-0.25, -0.2) is 0 Å². The molecule has 0 unspecified atom stereocenters. The zero-order chi connectivity index (χ0) is 11.5. The van der Waals surface area contributed by atoms with Crippen molar-refractivity contribution in [2.45, 2.75) is 46.1 Å². The predicted octanol–water partition coefficient (Wildman–Crippen LogP) is 2.53. The van der Waals surface area contributed by atoms with Gasteiger partial charge in [0.05, 0.1) is 0 Å². The van der Waals surface area contributed by atoms with Crippen LogP contribution >= 0.6 is 0 Å². The summed E-state index contributed by atoms with van der Waals surface area (Å²) in [5.41, 5.74) is 6.59. The van der Waals surface area contributed by atoms with Crippen LogP contribution in [0.4, 0.5) is 0 Å². The molecule has 0 atom stereocenters. The Morgan fingerprint density at radius 2 is 1.47 bits per heavy atom. The van der Waals surface area contributed by atoms with Crippen molar-refractivity contribution in [1.82, 2.24) is 0 Å². The van der Waals surface area contributed by atoms with Crippen LogP contribution in [0.25, 0.3) is 0 Å². The first-order valence-electron chi connectivity index (χ1n) is 6.00. The van der Waals surface area contributed by atoms with Crippen LogP contribution in [0.5, 0.6) is 0 Å². The van der Waals surface area contributed by atoms with E-state index in [0.717, 1.165) is 0 Å². The Morgan fingerprint density at radius 1 is 1.00 bits per heavy atom. The van der Waals surface area contributed by atoms with Crippen molar-refractivity contribution in [1.29, 1.82) is 0 Å². The van der Waals surface area contributed by atoms with Crippen molar-refractivity contribution in [3.8, 4) is 0 Å². The summed E-state index contributed by atoms with van der Waals surface area (Å²) >= 11 is 2.07. The maximum atomic E-state index is 5.40. The van der Waals surface area contributed by atoms with E-state index in [1.807, 2.05) is 0 Å². The number of unbranched alkanes of at least 4 members (excludes halogenated alkanes) is 3. The van der Waals surface area contributed by atoms with Crippen LogP contribution in [0.3, 0.4) is 0 Å². The van der Waals surface area contributed by atoms with Gasteiger partial charge in [-0.1, -0.05) is 39.5 Å². The fourth-order valence-corrected chi connectivity index (χ4v) is 1.22. The summed E-state index contributed by atoms with van der Waals surface area (Å²) in [4.78, 5) is 0. The SMILES string of the molecule is CCCCCC.[Li][c]1ccc(CN)cc1. The number of rotatable bonds is 4. The van der Waals surface area contributed by atoms with E-state index in [2.05, 4.69) is 55.8 Å². The van der Waals surface area contributed by atoms with E-state index in [1.165, 1.54) is 35.5 Å². The summed E-state index contributed by atoms with van der Waals surface area (Å²) in [6, 6.07) is 8.25. The average molecular weight is 199 g/mol. The second-order valence-electron chi connectivity index (χ2n) is 3.90. The normalized spacial score (nSPS) is 9.40. The van der Waals surface area contributed by atoms with Gasteiger partial charge in [-0.15, -0.1) is 0 Å². The van der Waals surface area contributed by atoms with Crippen molar-refractivity contribution in [2.24, 2.45) is 5.73 Å². The quantitative estimate of drug-likeness (QED) is 0.585. The average Bonchev–Trinajstić information content (AvgIpc) is 2.28. The monoisotopic (exact) mass is 199 g/mol. The zero-order valence-corrected chi connectivity index (χ0v) is 10.4. The van der Waals surface area contributed by atoms with Crippen LogP contribution in [0.2, 0.25) is 0 Å². The molecule has 80 valence electrons. The molecule has 0 heterocycles. The van der Waals surface area contributed by atoms with Crippen molar-refractivity contribution >= 4 is 22.0 Å². The standard InChI is InChI=1S/C7H8N.C6H14.Li/c8-6-7-4-2-1-3-5-7;1-3-5-6-4-2;/h2-5H,6,8H2;3-6H2,1-2H3;. The molecule has 0 bridgehead atoms. The van der Waals surface area contributed by atoms with Gasteiger partial charge < -0.3 is 0 Å². The molecule has 0 aliphatic heterocycles. The van der Waals surface area contributed by atoms with E-state index in [-0.39, 0.29) is 0 Å². The Morgan fingerprint density at radius 3 is 1.80 bits per heavy atom. The Labute approximate surface area is 104 Å². The summed E-state index contributed by atoms with van der Waals surface area (Å²) in [6.07, 6.45) is 5.54. The third-order valence-corrected chi connectivity index (χ3v) is 2.31. The third kappa shape index (κ3) is 8.75. The van der Waals surface area contributed by atoms with Crippen LogP contribution in [0.1, 0.15) is 45.1 Å². The number of hydrogen-bond acceptors (Lipinski definition) is 1. The molecule has 0 aromatic heterocycles. The molecule has 2 N–H and O–H groups in total. The molecule has 1 nitrogen and oxygen atoms in total. The summed E-state index contributed by atoms with van der Waals surface area (Å²) in [5, 5.41) is 0. The van der Waals surface area contributed by atoms with Gasteiger partial charge in [0.15, 0.2) is 0 Å². The predicted molar refractivity (Wildman–Crippen MR) is 69.5 cm³/mol. The van der Waals surface area contributed by atoms with E-state index >= 15 is 0 Å². The van der Waals surface area contributed by atoms with Crippen LogP contribution in [-0.4, -0.2) is 17.7 Å². The van der Waals surface area contributed by atoms with Crippen LogP contribution < -0.4 is 9.97 Å². The van der Waals surface area contributed by atoms with Crippen LogP contribution in [0, 0.1) is 0 Å². The fraction of sp³-hybridized carbons (Fsp3) is 0.538. The molecular formula is C13H22LiN. The minimum atomic E-state index is 0.639. The topological polar surface area (TPSA) is 26.0 Å². The number of hydrogen-bond donors (Lipinski definition) is 1. The third-order valence-electron chi connectivity index (χ3n) is 2.31. The van der Waals surface area contributed by atoms with Crippen LogP contribution in [0.15, 0.2) is 24.3 Å². The molecule has 0 aliphatic carbocycles. The van der Waals surface area contributed by atoms with Crippen molar-refractivity contribution in [3.63, 3.8) is 0 Å². The van der Waals surface area contributed by atoms with Gasteiger partial charge in [0, 0.05) is 0 Å². The van der Waals surface area contributed by atoms with Gasteiger partial charge in [-0.05, 0) is 0 Å². The molecule has 0 saturated carbocycles. The zero-order valence-electron chi connectivity index (χ0n) is 10.4. The van der Waals surface area contributed by atoms with Gasteiger partial charge in [-0.2, -0.15) is 0 Å². The maximum absolute atomic E-state index is 5.40. The molecular weight excluding hydrogens is 177 g/mol. The van der Waals surface area contributed by atoms with E-state index in [0.29, 0.717) is 6.54 Å². The molecule has 1 rings (SSSR count). The summed E-state index contributed by atoms with van der Waals surface area (Å²) in [7, 11) is 0. The van der Waals surface area contributed by atoms with Gasteiger partial charge in [0.2, 0.25) is 0 Å². The Balaban J connectivity index is 0.000000288. The summed E-state index contributed by atoms with van der Waals surface area (Å²) < 4.78 is 1.28. The molecule has 0 amide bonds. The molecule has 1 aromatic rings. The number of benzene rings is 1. The molecule has 15 heavy (non-hydrogen) atoms. The fourth-order valence-electron chi connectivity index (χ4n) is 1.22. The number of nitrogens with two attached hydrogens (primary N) is 1. The van der Waals surface area contributed by atoms with Crippen molar-refractivity contribution in [2.75, 3.05) is 0 Å². The molecule has 2 heteroatoms.